The number of rotatable bonds is 7. The molecule has 2 N–H and O–H groups in total. The summed E-state index contributed by atoms with van der Waals surface area (Å²) >= 11 is 0. The summed E-state index contributed by atoms with van der Waals surface area (Å²) in [4.78, 5) is 20.4. The largest absolute Gasteiger partial charge is 0.439 e. The van der Waals surface area contributed by atoms with Crippen LogP contribution in [0.25, 0.3) is 0 Å². The van der Waals surface area contributed by atoms with Gasteiger partial charge in [-0.05, 0) is 42.3 Å². The number of anilines is 2. The van der Waals surface area contributed by atoms with Gasteiger partial charge in [-0.1, -0.05) is 30.1 Å². The number of carbonyl (C=O) groups is 1. The van der Waals surface area contributed by atoms with Crippen molar-refractivity contribution in [2.45, 2.75) is 19.7 Å². The maximum Gasteiger partial charge on any atom is 0.228 e. The molecule has 0 unspecified atom stereocenters. The molecule has 7 heteroatoms. The lowest BCUT2D eigenvalue weighted by atomic mass is 9.93. The second kappa shape index (κ2) is 9.04. The van der Waals surface area contributed by atoms with Crippen molar-refractivity contribution in [1.82, 2.24) is 9.97 Å². The monoisotopic (exact) mass is 372 g/mol. The van der Waals surface area contributed by atoms with Crippen molar-refractivity contribution in [3.05, 3.63) is 71.5 Å². The predicted octanol–water partition coefficient (Wildman–Crippen LogP) is 3.47. The van der Waals surface area contributed by atoms with E-state index in [4.69, 9.17) is 12.6 Å². The van der Waals surface area contributed by atoms with E-state index in [1.54, 1.807) is 13.1 Å². The van der Waals surface area contributed by atoms with Crippen LogP contribution in [0.5, 0.6) is 11.6 Å². The third-order valence-corrected chi connectivity index (χ3v) is 4.26. The van der Waals surface area contributed by atoms with Gasteiger partial charge in [0.25, 0.3) is 0 Å². The van der Waals surface area contributed by atoms with E-state index in [1.165, 1.54) is 6.33 Å². The molecule has 0 aliphatic carbocycles. The van der Waals surface area contributed by atoms with Crippen molar-refractivity contribution in [2.75, 3.05) is 17.7 Å². The first-order chi connectivity index (χ1) is 13.6. The van der Waals surface area contributed by atoms with Crippen LogP contribution in [0, 0.1) is 6.92 Å². The first-order valence-electron chi connectivity index (χ1n) is 8.93. The summed E-state index contributed by atoms with van der Waals surface area (Å²) in [6.45, 7) is 2.00. The molecule has 0 atom stereocenters. The molecular weight excluding hydrogens is 351 g/mol. The molecule has 28 heavy (non-hydrogen) atoms. The van der Waals surface area contributed by atoms with Gasteiger partial charge in [0.2, 0.25) is 11.8 Å². The van der Waals surface area contributed by atoms with Gasteiger partial charge in [0.15, 0.2) is 0 Å². The highest BCUT2D eigenvalue weighted by Gasteiger charge is 2.07. The lowest BCUT2D eigenvalue weighted by molar-refractivity contribution is -0.115. The summed E-state index contributed by atoms with van der Waals surface area (Å²) < 4.78 is 5.71. The Morgan fingerprint density at radius 2 is 1.89 bits per heavy atom. The zero-order chi connectivity index (χ0) is 19.9. The molecule has 0 bridgehead atoms. The second-order valence-electron chi connectivity index (χ2n) is 6.31. The molecule has 1 amide bonds. The van der Waals surface area contributed by atoms with E-state index in [1.807, 2.05) is 49.4 Å². The molecule has 0 spiro atoms. The van der Waals surface area contributed by atoms with E-state index in [0.717, 1.165) is 22.4 Å². The molecular formula is C21H21BN4O2. The molecule has 2 radical (unpaired) electrons. The number of nitrogens with one attached hydrogen (secondary N) is 2. The Kier molecular flexibility index (Phi) is 6.27. The number of nitrogens with zero attached hydrogens (tertiary/aromatic N) is 2. The molecule has 0 saturated heterocycles. The van der Waals surface area contributed by atoms with Crippen LogP contribution in [0.4, 0.5) is 11.5 Å². The van der Waals surface area contributed by atoms with Crippen molar-refractivity contribution in [1.29, 1.82) is 0 Å². The molecule has 0 fully saturated rings. The highest BCUT2D eigenvalue weighted by molar-refractivity contribution is 6.08. The predicted molar refractivity (Wildman–Crippen MR) is 111 cm³/mol. The molecule has 1 heterocycles. The summed E-state index contributed by atoms with van der Waals surface area (Å²) in [5.41, 5.74) is 3.77. The minimum absolute atomic E-state index is 0.0880. The zero-order valence-electron chi connectivity index (χ0n) is 15.9. The third kappa shape index (κ3) is 5.10. The van der Waals surface area contributed by atoms with Crippen LogP contribution in [-0.4, -0.2) is 30.8 Å². The van der Waals surface area contributed by atoms with Crippen LogP contribution in [-0.2, 0) is 17.5 Å². The molecule has 1 aromatic heterocycles. The Balaban J connectivity index is 1.59. The first-order valence-corrected chi connectivity index (χ1v) is 8.93. The molecule has 0 aliphatic rings. The minimum atomic E-state index is -0.0880. The molecule has 2 aromatic carbocycles. The number of carbonyl (C=O) groups excluding carboxylic acids is 1. The summed E-state index contributed by atoms with van der Waals surface area (Å²) in [7, 11) is 7.50. The summed E-state index contributed by atoms with van der Waals surface area (Å²) in [6.07, 6.45) is 2.14. The lowest BCUT2D eigenvalue weighted by Crippen LogP contribution is -2.14. The first kappa shape index (κ1) is 19.4. The van der Waals surface area contributed by atoms with Crippen LogP contribution < -0.4 is 15.4 Å². The Labute approximate surface area is 165 Å². The van der Waals surface area contributed by atoms with Crippen LogP contribution in [0.3, 0.4) is 0 Å². The number of aryl methyl sites for hydroxylation is 1. The van der Waals surface area contributed by atoms with Gasteiger partial charge in [-0.15, -0.1) is 0 Å². The maximum absolute atomic E-state index is 12.3. The fraction of sp³-hybridized carbons (Fsp3) is 0.190. The number of benzene rings is 2. The molecule has 6 nitrogen and oxygen atoms in total. The number of amides is 1. The highest BCUT2D eigenvalue weighted by Crippen LogP contribution is 2.21. The fourth-order valence-corrected chi connectivity index (χ4v) is 2.69. The van der Waals surface area contributed by atoms with E-state index in [2.05, 4.69) is 20.6 Å². The van der Waals surface area contributed by atoms with Crippen LogP contribution in [0.15, 0.2) is 54.9 Å². The number of ether oxygens (including phenoxy) is 1. The third-order valence-electron chi connectivity index (χ3n) is 4.26. The standard InChI is InChI=1S/C21H21BN4O2/c1-14-3-6-17(10-16(14)12-22)26-20(27)9-15-4-7-18(8-5-15)28-21-11-19(23-2)24-13-25-21/h3-8,10-11,13H,9,12H2,1-2H3,(H,26,27)(H,23,24,25). The Hall–Kier alpha value is -3.35. The number of hydrogen-bond donors (Lipinski definition) is 2. The van der Waals surface area contributed by atoms with Crippen molar-refractivity contribution in [3.63, 3.8) is 0 Å². The van der Waals surface area contributed by atoms with Crippen molar-refractivity contribution >= 4 is 25.3 Å². The molecule has 140 valence electrons. The van der Waals surface area contributed by atoms with Gasteiger partial charge in [-0.3, -0.25) is 4.79 Å². The minimum Gasteiger partial charge on any atom is -0.439 e. The number of aromatic nitrogens is 2. The molecule has 0 saturated carbocycles. The van der Waals surface area contributed by atoms with E-state index >= 15 is 0 Å². The van der Waals surface area contributed by atoms with Crippen molar-refractivity contribution < 1.29 is 9.53 Å². The van der Waals surface area contributed by atoms with Gasteiger partial charge in [-0.2, -0.15) is 0 Å². The van der Waals surface area contributed by atoms with Crippen molar-refractivity contribution in [3.8, 4) is 11.6 Å². The number of hydrogen-bond acceptors (Lipinski definition) is 5. The second-order valence-corrected chi connectivity index (χ2v) is 6.31. The molecule has 3 rings (SSSR count). The summed E-state index contributed by atoms with van der Waals surface area (Å²) in [5.74, 6) is 1.66. The van der Waals surface area contributed by atoms with Gasteiger partial charge in [-0.25, -0.2) is 9.97 Å². The molecule has 0 aliphatic heterocycles. The Bertz CT molecular complexity index is 961. The normalized spacial score (nSPS) is 10.4. The van der Waals surface area contributed by atoms with Gasteiger partial charge < -0.3 is 15.4 Å². The zero-order valence-corrected chi connectivity index (χ0v) is 15.9. The quantitative estimate of drug-likeness (QED) is 0.621. The summed E-state index contributed by atoms with van der Waals surface area (Å²) in [6, 6.07) is 14.8. The van der Waals surface area contributed by atoms with Crippen LogP contribution >= 0.6 is 0 Å². The topological polar surface area (TPSA) is 76.1 Å². The van der Waals surface area contributed by atoms with Crippen molar-refractivity contribution in [2.24, 2.45) is 0 Å². The van der Waals surface area contributed by atoms with E-state index < -0.39 is 0 Å². The van der Waals surface area contributed by atoms with Gasteiger partial charge in [0.05, 0.1) is 14.3 Å². The average Bonchev–Trinajstić information content (AvgIpc) is 2.71. The fourth-order valence-electron chi connectivity index (χ4n) is 2.69. The van der Waals surface area contributed by atoms with Crippen LogP contribution in [0.1, 0.15) is 16.7 Å². The van der Waals surface area contributed by atoms with Crippen LogP contribution in [0.2, 0.25) is 0 Å². The van der Waals surface area contributed by atoms with E-state index in [0.29, 0.717) is 23.8 Å². The highest BCUT2D eigenvalue weighted by atomic mass is 16.5. The van der Waals surface area contributed by atoms with Gasteiger partial charge in [0, 0.05) is 18.8 Å². The van der Waals surface area contributed by atoms with E-state index in [-0.39, 0.29) is 12.3 Å². The van der Waals surface area contributed by atoms with Gasteiger partial charge in [0.1, 0.15) is 17.9 Å². The van der Waals surface area contributed by atoms with Gasteiger partial charge >= 0.3 is 0 Å². The Morgan fingerprint density at radius 3 is 2.61 bits per heavy atom. The maximum atomic E-state index is 12.3. The Morgan fingerprint density at radius 1 is 1.11 bits per heavy atom. The average molecular weight is 372 g/mol. The smallest absolute Gasteiger partial charge is 0.228 e. The SMILES string of the molecule is [B]Cc1cc(NC(=O)Cc2ccc(Oc3cc(NC)ncn3)cc2)ccc1C. The molecule has 3 aromatic rings. The van der Waals surface area contributed by atoms with E-state index in [9.17, 15) is 4.79 Å². The summed E-state index contributed by atoms with van der Waals surface area (Å²) in [5, 5.41) is 5.84. The lowest BCUT2D eigenvalue weighted by Gasteiger charge is -2.10.